The van der Waals surface area contributed by atoms with E-state index in [1.165, 1.54) is 0 Å². The fourth-order valence-corrected chi connectivity index (χ4v) is 4.09. The van der Waals surface area contributed by atoms with Crippen molar-refractivity contribution in [2.75, 3.05) is 11.5 Å². The van der Waals surface area contributed by atoms with Gasteiger partial charge in [-0.25, -0.2) is 13.0 Å². The van der Waals surface area contributed by atoms with E-state index in [1.54, 1.807) is 6.92 Å². The van der Waals surface area contributed by atoms with E-state index in [4.69, 9.17) is 0 Å². The SMILES string of the molecule is Cc1nonc1CC1(C(=O)O)CCS(=O)(=O)C1. The molecule has 1 aromatic rings. The van der Waals surface area contributed by atoms with Crippen LogP contribution >= 0.6 is 0 Å². The number of carboxylic acid groups (broad SMARTS) is 1. The minimum absolute atomic E-state index is 0.0386. The van der Waals surface area contributed by atoms with E-state index in [0.29, 0.717) is 11.4 Å². The Morgan fingerprint density at radius 3 is 2.65 bits per heavy atom. The lowest BCUT2D eigenvalue weighted by molar-refractivity contribution is -0.147. The fourth-order valence-electron chi connectivity index (χ4n) is 2.03. The molecule has 1 fully saturated rings. The molecule has 1 aliphatic rings. The summed E-state index contributed by atoms with van der Waals surface area (Å²) in [6.07, 6.45) is 0.147. The Balaban J connectivity index is 2.32. The van der Waals surface area contributed by atoms with E-state index < -0.39 is 21.2 Å². The standard InChI is InChI=1S/C9H12N2O5S/c1-6-7(11-16-10-6)4-9(8(12)13)2-3-17(14,15)5-9/h2-5H2,1H3,(H,12,13). The summed E-state index contributed by atoms with van der Waals surface area (Å²) in [5.41, 5.74) is -0.387. The average Bonchev–Trinajstić information content (AvgIpc) is 2.73. The molecule has 17 heavy (non-hydrogen) atoms. The van der Waals surface area contributed by atoms with Gasteiger partial charge in [0.1, 0.15) is 11.4 Å². The molecule has 2 rings (SSSR count). The zero-order valence-electron chi connectivity index (χ0n) is 9.21. The van der Waals surface area contributed by atoms with E-state index in [0.717, 1.165) is 0 Å². The van der Waals surface area contributed by atoms with Crippen LogP contribution in [0.15, 0.2) is 4.63 Å². The molecule has 0 aromatic carbocycles. The summed E-state index contributed by atoms with van der Waals surface area (Å²) in [5, 5.41) is 16.4. The zero-order chi connectivity index (χ0) is 12.7. The summed E-state index contributed by atoms with van der Waals surface area (Å²) in [7, 11) is -3.27. The van der Waals surface area contributed by atoms with Crippen molar-refractivity contribution >= 4 is 15.8 Å². The Hall–Kier alpha value is -1.44. The molecule has 1 unspecified atom stereocenters. The van der Waals surface area contributed by atoms with Crippen LogP contribution in [-0.4, -0.2) is 41.3 Å². The third-order valence-electron chi connectivity index (χ3n) is 3.09. The fraction of sp³-hybridized carbons (Fsp3) is 0.667. The van der Waals surface area contributed by atoms with Gasteiger partial charge in [-0.15, -0.1) is 0 Å². The number of carbonyl (C=O) groups is 1. The summed E-state index contributed by atoms with van der Waals surface area (Å²) in [6.45, 7) is 1.64. The summed E-state index contributed by atoms with van der Waals surface area (Å²) in [4.78, 5) is 11.3. The van der Waals surface area contributed by atoms with Crippen LogP contribution < -0.4 is 0 Å². The van der Waals surface area contributed by atoms with Crippen LogP contribution in [0.5, 0.6) is 0 Å². The van der Waals surface area contributed by atoms with Gasteiger partial charge in [0.15, 0.2) is 9.84 Å². The first-order chi connectivity index (χ1) is 7.85. The molecular formula is C9H12N2O5S. The summed E-state index contributed by atoms with van der Waals surface area (Å²) >= 11 is 0. The molecule has 0 saturated carbocycles. The van der Waals surface area contributed by atoms with Crippen LogP contribution in [0.25, 0.3) is 0 Å². The molecule has 1 saturated heterocycles. The first kappa shape index (κ1) is 12.0. The molecule has 0 amide bonds. The summed E-state index contributed by atoms with van der Waals surface area (Å²) < 4.78 is 27.4. The number of sulfone groups is 1. The van der Waals surface area contributed by atoms with Crippen LogP contribution in [-0.2, 0) is 21.1 Å². The third-order valence-corrected chi connectivity index (χ3v) is 4.91. The topological polar surface area (TPSA) is 110 Å². The minimum atomic E-state index is -3.27. The Morgan fingerprint density at radius 2 is 2.24 bits per heavy atom. The molecule has 94 valence electrons. The Morgan fingerprint density at radius 1 is 1.53 bits per heavy atom. The van der Waals surface area contributed by atoms with Crippen LogP contribution in [0.4, 0.5) is 0 Å². The van der Waals surface area contributed by atoms with Crippen LogP contribution in [0.3, 0.4) is 0 Å². The maximum atomic E-state index is 11.4. The Labute approximate surface area is 97.7 Å². The molecule has 8 heteroatoms. The average molecular weight is 260 g/mol. The van der Waals surface area contributed by atoms with Gasteiger partial charge in [-0.3, -0.25) is 4.79 Å². The number of carboxylic acids is 1. The second kappa shape index (κ2) is 3.80. The van der Waals surface area contributed by atoms with E-state index in [9.17, 15) is 18.3 Å². The summed E-state index contributed by atoms with van der Waals surface area (Å²) in [5.74, 6) is -1.55. The second-order valence-electron chi connectivity index (χ2n) is 4.40. The summed E-state index contributed by atoms with van der Waals surface area (Å²) in [6, 6.07) is 0. The van der Waals surface area contributed by atoms with Gasteiger partial charge >= 0.3 is 5.97 Å². The van der Waals surface area contributed by atoms with E-state index in [2.05, 4.69) is 14.9 Å². The number of aromatic nitrogens is 2. The van der Waals surface area contributed by atoms with E-state index >= 15 is 0 Å². The maximum Gasteiger partial charge on any atom is 0.311 e. The first-order valence-corrected chi connectivity index (χ1v) is 6.89. The van der Waals surface area contributed by atoms with Gasteiger partial charge < -0.3 is 5.11 Å². The molecule has 0 spiro atoms. The van der Waals surface area contributed by atoms with Crippen molar-refractivity contribution in [1.82, 2.24) is 10.3 Å². The number of aliphatic carboxylic acids is 1. The second-order valence-corrected chi connectivity index (χ2v) is 6.58. The molecule has 1 aliphatic heterocycles. The highest BCUT2D eigenvalue weighted by molar-refractivity contribution is 7.91. The van der Waals surface area contributed by atoms with Crippen molar-refractivity contribution in [1.29, 1.82) is 0 Å². The molecule has 1 atom stereocenters. The molecule has 0 bridgehead atoms. The van der Waals surface area contributed by atoms with Crippen molar-refractivity contribution in [2.24, 2.45) is 5.41 Å². The number of hydrogen-bond donors (Lipinski definition) is 1. The van der Waals surface area contributed by atoms with E-state index in [1.807, 2.05) is 0 Å². The highest BCUT2D eigenvalue weighted by atomic mass is 32.2. The smallest absolute Gasteiger partial charge is 0.311 e. The lowest BCUT2D eigenvalue weighted by Gasteiger charge is -2.20. The van der Waals surface area contributed by atoms with Crippen molar-refractivity contribution < 1.29 is 22.9 Å². The predicted molar refractivity (Wildman–Crippen MR) is 56.1 cm³/mol. The van der Waals surface area contributed by atoms with Crippen molar-refractivity contribution in [3.05, 3.63) is 11.4 Å². The van der Waals surface area contributed by atoms with Crippen LogP contribution in [0.1, 0.15) is 17.8 Å². The highest BCUT2D eigenvalue weighted by Crippen LogP contribution is 2.36. The molecular weight excluding hydrogens is 248 g/mol. The predicted octanol–water partition coefficient (Wildman–Crippen LogP) is -0.190. The van der Waals surface area contributed by atoms with Crippen LogP contribution in [0, 0.1) is 12.3 Å². The van der Waals surface area contributed by atoms with Gasteiger partial charge in [-0.05, 0) is 13.3 Å². The highest BCUT2D eigenvalue weighted by Gasteiger charge is 2.49. The Bertz CT molecular complexity index is 549. The van der Waals surface area contributed by atoms with Crippen molar-refractivity contribution in [3.8, 4) is 0 Å². The third kappa shape index (κ3) is 2.17. The normalized spacial score (nSPS) is 27.1. The largest absolute Gasteiger partial charge is 0.481 e. The van der Waals surface area contributed by atoms with Gasteiger partial charge in [-0.1, -0.05) is 10.3 Å². The van der Waals surface area contributed by atoms with Gasteiger partial charge in [0.25, 0.3) is 0 Å². The van der Waals surface area contributed by atoms with Gasteiger partial charge in [0.2, 0.25) is 0 Å². The maximum absolute atomic E-state index is 11.4. The lowest BCUT2D eigenvalue weighted by Crippen LogP contribution is -2.35. The molecule has 0 radical (unpaired) electrons. The molecule has 7 nitrogen and oxygen atoms in total. The van der Waals surface area contributed by atoms with Gasteiger partial charge in [-0.2, -0.15) is 0 Å². The van der Waals surface area contributed by atoms with Crippen molar-refractivity contribution in [2.45, 2.75) is 19.8 Å². The number of rotatable bonds is 3. The molecule has 1 N–H and O–H groups in total. The number of nitrogens with zero attached hydrogens (tertiary/aromatic N) is 2. The van der Waals surface area contributed by atoms with Crippen LogP contribution in [0.2, 0.25) is 0 Å². The quantitative estimate of drug-likeness (QED) is 0.801. The zero-order valence-corrected chi connectivity index (χ0v) is 10.0. The first-order valence-electron chi connectivity index (χ1n) is 5.06. The molecule has 0 aliphatic carbocycles. The van der Waals surface area contributed by atoms with Gasteiger partial charge in [0, 0.05) is 6.42 Å². The van der Waals surface area contributed by atoms with Crippen molar-refractivity contribution in [3.63, 3.8) is 0 Å². The Kier molecular flexibility index (Phi) is 2.69. The number of aryl methyl sites for hydroxylation is 1. The molecule has 1 aromatic heterocycles. The number of hydrogen-bond acceptors (Lipinski definition) is 6. The monoisotopic (exact) mass is 260 g/mol. The van der Waals surface area contributed by atoms with E-state index in [-0.39, 0.29) is 24.3 Å². The molecule has 2 heterocycles. The lowest BCUT2D eigenvalue weighted by atomic mass is 9.82. The minimum Gasteiger partial charge on any atom is -0.481 e. The van der Waals surface area contributed by atoms with Gasteiger partial charge in [0.05, 0.1) is 16.9 Å².